The summed E-state index contributed by atoms with van der Waals surface area (Å²) in [5, 5.41) is 0. The van der Waals surface area contributed by atoms with Gasteiger partial charge in [-0.2, -0.15) is 0 Å². The van der Waals surface area contributed by atoms with Gasteiger partial charge in [0, 0.05) is 6.07 Å². The highest BCUT2D eigenvalue weighted by Crippen LogP contribution is 2.23. The lowest BCUT2D eigenvalue weighted by Gasteiger charge is -2.06. The van der Waals surface area contributed by atoms with Crippen LogP contribution in [0.5, 0.6) is 11.6 Å². The van der Waals surface area contributed by atoms with Crippen LogP contribution in [0.15, 0.2) is 12.3 Å². The molecule has 0 saturated heterocycles. The monoisotopic (exact) mass is 181 g/mol. The number of terminal acetylenes is 1. The van der Waals surface area contributed by atoms with Crippen molar-refractivity contribution in [2.75, 3.05) is 13.7 Å². The minimum Gasteiger partial charge on any atom is -0.491 e. The number of ether oxygens (including phenoxy) is 2. The first kappa shape index (κ1) is 9.33. The Hall–Kier alpha value is -1.76. The number of nitrogens with zero attached hydrogens (tertiary/aromatic N) is 1. The second kappa shape index (κ2) is 4.31. The fourth-order valence-corrected chi connectivity index (χ4v) is 0.773. The first-order valence-corrected chi connectivity index (χ1v) is 3.53. The number of pyridine rings is 1. The largest absolute Gasteiger partial charge is 0.491 e. The molecule has 0 fully saturated rings. The van der Waals surface area contributed by atoms with E-state index in [0.717, 1.165) is 6.20 Å². The van der Waals surface area contributed by atoms with Crippen LogP contribution in [0.3, 0.4) is 0 Å². The second-order valence-electron chi connectivity index (χ2n) is 2.15. The van der Waals surface area contributed by atoms with Crippen LogP contribution in [-0.2, 0) is 0 Å². The van der Waals surface area contributed by atoms with Gasteiger partial charge in [0.05, 0.1) is 13.3 Å². The summed E-state index contributed by atoms with van der Waals surface area (Å²) in [7, 11) is 1.40. The fraction of sp³-hybridized carbons (Fsp3) is 0.222. The number of aromatic nitrogens is 1. The molecule has 1 aromatic rings. The molecular formula is C9H8FNO2. The van der Waals surface area contributed by atoms with Gasteiger partial charge in [0.1, 0.15) is 5.82 Å². The van der Waals surface area contributed by atoms with Crippen LogP contribution in [0, 0.1) is 18.2 Å². The fourth-order valence-electron chi connectivity index (χ4n) is 0.773. The lowest BCUT2D eigenvalue weighted by Crippen LogP contribution is -1.99. The maximum Gasteiger partial charge on any atom is 0.258 e. The summed E-state index contributed by atoms with van der Waals surface area (Å²) < 4.78 is 22.4. The predicted molar refractivity (Wildman–Crippen MR) is 45.1 cm³/mol. The van der Waals surface area contributed by atoms with Crippen molar-refractivity contribution >= 4 is 0 Å². The van der Waals surface area contributed by atoms with Crippen molar-refractivity contribution in [3.63, 3.8) is 0 Å². The summed E-state index contributed by atoms with van der Waals surface area (Å²) in [6.45, 7) is 0.0784. The van der Waals surface area contributed by atoms with Crippen molar-refractivity contribution in [2.45, 2.75) is 0 Å². The highest BCUT2D eigenvalue weighted by Gasteiger charge is 2.06. The van der Waals surface area contributed by atoms with Gasteiger partial charge in [0.2, 0.25) is 0 Å². The lowest BCUT2D eigenvalue weighted by atomic mass is 10.4. The Morgan fingerprint density at radius 2 is 2.46 bits per heavy atom. The molecule has 3 nitrogen and oxygen atoms in total. The third-order valence-electron chi connectivity index (χ3n) is 1.30. The highest BCUT2D eigenvalue weighted by atomic mass is 19.1. The molecule has 0 aliphatic heterocycles. The molecule has 4 heteroatoms. The third kappa shape index (κ3) is 2.34. The Morgan fingerprint density at radius 3 is 3.08 bits per heavy atom. The van der Waals surface area contributed by atoms with E-state index in [1.165, 1.54) is 13.2 Å². The van der Waals surface area contributed by atoms with Crippen LogP contribution >= 0.6 is 0 Å². The normalized spacial score (nSPS) is 9.00. The molecule has 13 heavy (non-hydrogen) atoms. The van der Waals surface area contributed by atoms with Crippen molar-refractivity contribution in [3.05, 3.63) is 18.1 Å². The maximum atomic E-state index is 12.6. The molecule has 0 amide bonds. The third-order valence-corrected chi connectivity index (χ3v) is 1.30. The van der Waals surface area contributed by atoms with Crippen LogP contribution in [-0.4, -0.2) is 18.7 Å². The molecule has 0 radical (unpaired) electrons. The van der Waals surface area contributed by atoms with E-state index in [-0.39, 0.29) is 18.2 Å². The molecule has 0 aliphatic rings. The van der Waals surface area contributed by atoms with E-state index in [1.54, 1.807) is 0 Å². The Morgan fingerprint density at radius 1 is 1.69 bits per heavy atom. The van der Waals surface area contributed by atoms with Gasteiger partial charge in [-0.05, 0) is 0 Å². The predicted octanol–water partition coefficient (Wildman–Crippen LogP) is 1.24. The average Bonchev–Trinajstić information content (AvgIpc) is 2.16. The molecule has 0 spiro atoms. The van der Waals surface area contributed by atoms with Crippen molar-refractivity contribution in [3.8, 4) is 24.0 Å². The molecule has 0 aromatic carbocycles. The molecule has 1 aromatic heterocycles. The zero-order valence-corrected chi connectivity index (χ0v) is 7.08. The molecule has 68 valence electrons. The Balaban J connectivity index is 2.87. The Bertz CT molecular complexity index is 333. The summed E-state index contributed by atoms with van der Waals surface area (Å²) in [5.74, 6) is 2.22. The van der Waals surface area contributed by atoms with Gasteiger partial charge in [-0.15, -0.1) is 6.42 Å². The summed E-state index contributed by atoms with van der Waals surface area (Å²) in [4.78, 5) is 3.67. The van der Waals surface area contributed by atoms with E-state index >= 15 is 0 Å². The Kier molecular flexibility index (Phi) is 3.09. The molecule has 1 heterocycles. The van der Waals surface area contributed by atoms with E-state index in [4.69, 9.17) is 15.9 Å². The SMILES string of the molecule is C#CCOc1ncc(F)cc1OC. The van der Waals surface area contributed by atoms with Gasteiger partial charge in [-0.1, -0.05) is 5.92 Å². The van der Waals surface area contributed by atoms with Gasteiger partial charge in [0.15, 0.2) is 12.4 Å². The number of halogens is 1. The van der Waals surface area contributed by atoms with E-state index in [2.05, 4.69) is 10.9 Å². The van der Waals surface area contributed by atoms with E-state index < -0.39 is 5.82 Å². The summed E-state index contributed by atoms with van der Waals surface area (Å²) in [6, 6.07) is 1.18. The van der Waals surface area contributed by atoms with Gasteiger partial charge in [-0.25, -0.2) is 9.37 Å². The number of hydrogen-bond donors (Lipinski definition) is 0. The van der Waals surface area contributed by atoms with Crippen LogP contribution in [0.25, 0.3) is 0 Å². The van der Waals surface area contributed by atoms with Crippen molar-refractivity contribution in [2.24, 2.45) is 0 Å². The second-order valence-corrected chi connectivity index (χ2v) is 2.15. The first-order valence-electron chi connectivity index (χ1n) is 3.53. The van der Waals surface area contributed by atoms with Crippen LogP contribution in [0.2, 0.25) is 0 Å². The molecule has 0 atom stereocenters. The molecule has 0 unspecified atom stereocenters. The van der Waals surface area contributed by atoms with Crippen molar-refractivity contribution in [1.82, 2.24) is 4.98 Å². The van der Waals surface area contributed by atoms with Crippen LogP contribution in [0.1, 0.15) is 0 Å². The average molecular weight is 181 g/mol. The zero-order chi connectivity index (χ0) is 9.68. The number of hydrogen-bond acceptors (Lipinski definition) is 3. The molecule has 0 N–H and O–H groups in total. The van der Waals surface area contributed by atoms with Crippen LogP contribution < -0.4 is 9.47 Å². The molecular weight excluding hydrogens is 173 g/mol. The molecule has 1 rings (SSSR count). The lowest BCUT2D eigenvalue weighted by molar-refractivity contribution is 0.316. The quantitative estimate of drug-likeness (QED) is 0.657. The first-order chi connectivity index (χ1) is 6.27. The number of methoxy groups -OCH3 is 1. The van der Waals surface area contributed by atoms with E-state index in [1.807, 2.05) is 0 Å². The molecule has 0 bridgehead atoms. The molecule has 0 aliphatic carbocycles. The van der Waals surface area contributed by atoms with Crippen LogP contribution in [0.4, 0.5) is 4.39 Å². The van der Waals surface area contributed by atoms with Gasteiger partial charge >= 0.3 is 0 Å². The zero-order valence-electron chi connectivity index (χ0n) is 7.08. The van der Waals surface area contributed by atoms with Crippen molar-refractivity contribution < 1.29 is 13.9 Å². The minimum atomic E-state index is -0.482. The Labute approximate surface area is 75.5 Å². The van der Waals surface area contributed by atoms with Gasteiger partial charge in [0.25, 0.3) is 5.88 Å². The smallest absolute Gasteiger partial charge is 0.258 e. The topological polar surface area (TPSA) is 31.4 Å². The summed E-state index contributed by atoms with van der Waals surface area (Å²) in [5.41, 5.74) is 0. The van der Waals surface area contributed by atoms with E-state index in [0.29, 0.717) is 0 Å². The number of rotatable bonds is 3. The highest BCUT2D eigenvalue weighted by molar-refractivity contribution is 5.33. The van der Waals surface area contributed by atoms with Gasteiger partial charge < -0.3 is 9.47 Å². The maximum absolute atomic E-state index is 12.6. The minimum absolute atomic E-state index is 0.0784. The van der Waals surface area contributed by atoms with E-state index in [9.17, 15) is 4.39 Å². The summed E-state index contributed by atoms with van der Waals surface area (Å²) >= 11 is 0. The summed E-state index contributed by atoms with van der Waals surface area (Å²) in [6.07, 6.45) is 6.02. The van der Waals surface area contributed by atoms with Crippen molar-refractivity contribution in [1.29, 1.82) is 0 Å². The standard InChI is InChI=1S/C9H8FNO2/c1-3-4-13-9-8(12-2)5-7(10)6-11-9/h1,5-6H,4H2,2H3. The van der Waals surface area contributed by atoms with Gasteiger partial charge in [-0.3, -0.25) is 0 Å². The molecule has 0 saturated carbocycles.